The molecule has 0 aliphatic carbocycles. The molecule has 3 aromatic rings. The first kappa shape index (κ1) is 23.6. The van der Waals surface area contributed by atoms with Crippen molar-refractivity contribution in [1.29, 1.82) is 0 Å². The molecule has 3 rings (SSSR count). The van der Waals surface area contributed by atoms with Crippen LogP contribution >= 0.6 is 0 Å². The largest absolute Gasteiger partial charge is 0.493 e. The second-order valence-electron chi connectivity index (χ2n) is 6.92. The van der Waals surface area contributed by atoms with Gasteiger partial charge in [-0.05, 0) is 31.2 Å². The molecule has 0 saturated carbocycles. The summed E-state index contributed by atoms with van der Waals surface area (Å²) in [5.74, 6) is 0.230. The third-order valence-corrected chi connectivity index (χ3v) is 4.91. The van der Waals surface area contributed by atoms with Gasteiger partial charge in [-0.2, -0.15) is 0 Å². The Morgan fingerprint density at radius 1 is 1.03 bits per heavy atom. The summed E-state index contributed by atoms with van der Waals surface area (Å²) in [7, 11) is 5.72. The number of methoxy groups -OCH3 is 4. The number of halogens is 1. The number of aromatic amines is 1. The summed E-state index contributed by atoms with van der Waals surface area (Å²) in [6, 6.07) is 8.64. The molecule has 0 bridgehead atoms. The molecule has 0 aliphatic heterocycles. The summed E-state index contributed by atoms with van der Waals surface area (Å²) in [6.07, 6.45) is -0.183. The molecule has 33 heavy (non-hydrogen) atoms. The van der Waals surface area contributed by atoms with Crippen molar-refractivity contribution < 1.29 is 28.1 Å². The van der Waals surface area contributed by atoms with E-state index < -0.39 is 17.3 Å². The van der Waals surface area contributed by atoms with E-state index in [1.165, 1.54) is 57.4 Å². The molecule has 9 nitrogen and oxygen atoms in total. The standard InChI is InChI=1S/C23H24FN3O6/c1-13(25-15-10-18(30-2)22(33-5)19(11-15)31-3)21-17(12-20(28)32-4)26-27(23(21)29)16-8-6-14(24)7-9-16/h6-11,26H,12H2,1-5H3. The van der Waals surface area contributed by atoms with Crippen LogP contribution in [0.1, 0.15) is 18.2 Å². The highest BCUT2D eigenvalue weighted by Gasteiger charge is 2.21. The summed E-state index contributed by atoms with van der Waals surface area (Å²) in [4.78, 5) is 29.8. The van der Waals surface area contributed by atoms with Gasteiger partial charge in [-0.15, -0.1) is 0 Å². The number of nitrogens with one attached hydrogen (secondary N) is 1. The van der Waals surface area contributed by atoms with Crippen LogP contribution in [-0.2, 0) is 16.0 Å². The van der Waals surface area contributed by atoms with Crippen LogP contribution in [0.5, 0.6) is 17.2 Å². The van der Waals surface area contributed by atoms with Gasteiger partial charge in [0.15, 0.2) is 11.5 Å². The van der Waals surface area contributed by atoms with E-state index in [2.05, 4.69) is 10.1 Å². The van der Waals surface area contributed by atoms with E-state index in [1.54, 1.807) is 19.1 Å². The van der Waals surface area contributed by atoms with E-state index in [9.17, 15) is 14.0 Å². The van der Waals surface area contributed by atoms with Gasteiger partial charge in [-0.25, -0.2) is 9.07 Å². The number of rotatable bonds is 8. The van der Waals surface area contributed by atoms with E-state index in [1.807, 2.05) is 0 Å². The first-order valence-corrected chi connectivity index (χ1v) is 9.85. The Bertz CT molecular complexity index is 1220. The summed E-state index contributed by atoms with van der Waals surface area (Å²) < 4.78 is 35.4. The van der Waals surface area contributed by atoms with Crippen LogP contribution < -0.4 is 19.8 Å². The van der Waals surface area contributed by atoms with Gasteiger partial charge in [0.05, 0.1) is 63.2 Å². The van der Waals surface area contributed by atoms with Gasteiger partial charge >= 0.3 is 5.97 Å². The van der Waals surface area contributed by atoms with Gasteiger partial charge in [0.2, 0.25) is 5.75 Å². The number of H-pyrrole nitrogens is 1. The average Bonchev–Trinajstić information content (AvgIpc) is 3.14. The molecule has 1 heterocycles. The first-order valence-electron chi connectivity index (χ1n) is 9.85. The number of hydrogen-bond acceptors (Lipinski definition) is 7. The summed E-state index contributed by atoms with van der Waals surface area (Å²) in [6.45, 7) is 1.64. The van der Waals surface area contributed by atoms with Crippen molar-refractivity contribution in [3.8, 4) is 22.9 Å². The van der Waals surface area contributed by atoms with Gasteiger partial charge in [-0.3, -0.25) is 19.7 Å². The molecule has 0 aliphatic rings. The number of aromatic nitrogens is 2. The van der Waals surface area contributed by atoms with Crippen LogP contribution in [0.4, 0.5) is 10.1 Å². The van der Waals surface area contributed by atoms with Crippen LogP contribution in [0, 0.1) is 5.82 Å². The first-order chi connectivity index (χ1) is 15.8. The molecule has 174 valence electrons. The Morgan fingerprint density at radius 2 is 1.64 bits per heavy atom. The number of aliphatic imine (C=N–C) groups is 1. The Morgan fingerprint density at radius 3 is 2.15 bits per heavy atom. The molecule has 0 unspecified atom stereocenters. The summed E-state index contributed by atoms with van der Waals surface area (Å²) >= 11 is 0. The summed E-state index contributed by atoms with van der Waals surface area (Å²) in [5.41, 5.74) is 1.24. The predicted octanol–water partition coefficient (Wildman–Crippen LogP) is 3.19. The molecular formula is C23H24FN3O6. The highest BCUT2D eigenvalue weighted by molar-refractivity contribution is 6.01. The minimum absolute atomic E-state index is 0.183. The van der Waals surface area contributed by atoms with E-state index in [4.69, 9.17) is 18.9 Å². The molecule has 1 N–H and O–H groups in total. The lowest BCUT2D eigenvalue weighted by Crippen LogP contribution is -2.20. The van der Waals surface area contributed by atoms with Gasteiger partial charge in [0.25, 0.3) is 5.56 Å². The highest BCUT2D eigenvalue weighted by Crippen LogP contribution is 2.41. The number of carbonyl (C=O) groups is 1. The number of hydrogen-bond donors (Lipinski definition) is 1. The Balaban J connectivity index is 2.16. The molecule has 2 aromatic carbocycles. The number of esters is 1. The number of carbonyl (C=O) groups excluding carboxylic acids is 1. The maximum absolute atomic E-state index is 13.3. The Kier molecular flexibility index (Phi) is 7.17. The Labute approximate surface area is 189 Å². The van der Waals surface area contributed by atoms with Crippen molar-refractivity contribution in [2.45, 2.75) is 13.3 Å². The van der Waals surface area contributed by atoms with Crippen molar-refractivity contribution in [2.75, 3.05) is 28.4 Å². The fourth-order valence-corrected chi connectivity index (χ4v) is 3.35. The average molecular weight is 457 g/mol. The zero-order chi connectivity index (χ0) is 24.1. The van der Waals surface area contributed by atoms with Crippen molar-refractivity contribution in [2.24, 2.45) is 4.99 Å². The van der Waals surface area contributed by atoms with E-state index in [-0.39, 0.29) is 12.0 Å². The topological polar surface area (TPSA) is 104 Å². The molecule has 0 fully saturated rings. The SMILES string of the molecule is COC(=O)Cc1[nH]n(-c2ccc(F)cc2)c(=O)c1C(C)=Nc1cc(OC)c(OC)c(OC)c1. The maximum Gasteiger partial charge on any atom is 0.311 e. The van der Waals surface area contributed by atoms with E-state index >= 15 is 0 Å². The molecule has 0 saturated heterocycles. The van der Waals surface area contributed by atoms with Crippen LogP contribution in [0.3, 0.4) is 0 Å². The van der Waals surface area contributed by atoms with Crippen molar-refractivity contribution in [1.82, 2.24) is 9.78 Å². The Hall–Kier alpha value is -4.08. The molecule has 10 heteroatoms. The van der Waals surface area contributed by atoms with Crippen LogP contribution in [0.2, 0.25) is 0 Å². The minimum Gasteiger partial charge on any atom is -0.493 e. The van der Waals surface area contributed by atoms with Crippen molar-refractivity contribution in [3.05, 3.63) is 63.8 Å². The molecule has 0 radical (unpaired) electrons. The van der Waals surface area contributed by atoms with Crippen molar-refractivity contribution in [3.63, 3.8) is 0 Å². The third-order valence-electron chi connectivity index (χ3n) is 4.91. The third kappa shape index (κ3) is 4.89. The number of benzene rings is 2. The van der Waals surface area contributed by atoms with Crippen LogP contribution in [-0.4, -0.2) is 49.9 Å². The monoisotopic (exact) mass is 457 g/mol. The fraction of sp³-hybridized carbons (Fsp3) is 0.261. The second-order valence-corrected chi connectivity index (χ2v) is 6.92. The second kappa shape index (κ2) is 10.0. The normalized spacial score (nSPS) is 11.3. The summed E-state index contributed by atoms with van der Waals surface area (Å²) in [5, 5.41) is 2.91. The van der Waals surface area contributed by atoms with Crippen molar-refractivity contribution >= 4 is 17.4 Å². The molecule has 0 atom stereocenters. The minimum atomic E-state index is -0.538. The van der Waals surface area contributed by atoms with Gasteiger partial charge in [0, 0.05) is 12.1 Å². The molecule has 0 amide bonds. The van der Waals surface area contributed by atoms with Gasteiger partial charge < -0.3 is 18.9 Å². The smallest absolute Gasteiger partial charge is 0.311 e. The quantitative estimate of drug-likeness (QED) is 0.412. The lowest BCUT2D eigenvalue weighted by Gasteiger charge is -2.13. The molecule has 0 spiro atoms. The van der Waals surface area contributed by atoms with E-state index in [0.29, 0.717) is 40.0 Å². The van der Waals surface area contributed by atoms with Crippen LogP contribution in [0.15, 0.2) is 46.2 Å². The van der Waals surface area contributed by atoms with Gasteiger partial charge in [0.1, 0.15) is 5.82 Å². The molecule has 1 aromatic heterocycles. The predicted molar refractivity (Wildman–Crippen MR) is 120 cm³/mol. The lowest BCUT2D eigenvalue weighted by molar-refractivity contribution is -0.139. The highest BCUT2D eigenvalue weighted by atomic mass is 19.1. The molecular weight excluding hydrogens is 433 g/mol. The number of ether oxygens (including phenoxy) is 4. The fourth-order valence-electron chi connectivity index (χ4n) is 3.35. The van der Waals surface area contributed by atoms with Gasteiger partial charge in [-0.1, -0.05) is 0 Å². The zero-order valence-corrected chi connectivity index (χ0v) is 18.9. The number of nitrogens with zero attached hydrogens (tertiary/aromatic N) is 2. The lowest BCUT2D eigenvalue weighted by atomic mass is 10.1. The maximum atomic E-state index is 13.3. The van der Waals surface area contributed by atoms with Crippen LogP contribution in [0.25, 0.3) is 5.69 Å². The van der Waals surface area contributed by atoms with E-state index in [0.717, 1.165) is 0 Å². The zero-order valence-electron chi connectivity index (χ0n) is 18.9.